The van der Waals surface area contributed by atoms with Crippen molar-refractivity contribution in [3.63, 3.8) is 0 Å². The molecule has 3 aromatic carbocycles. The van der Waals surface area contributed by atoms with Gasteiger partial charge in [0.05, 0.1) is 23.7 Å². The fourth-order valence-corrected chi connectivity index (χ4v) is 5.04. The van der Waals surface area contributed by atoms with Crippen LogP contribution in [0.25, 0.3) is 16.9 Å². The van der Waals surface area contributed by atoms with Crippen LogP contribution in [0.4, 0.5) is 5.95 Å². The maximum absolute atomic E-state index is 13.3. The summed E-state index contributed by atoms with van der Waals surface area (Å²) in [4.78, 5) is 17.9. The number of methoxy groups -OCH3 is 1. The first-order chi connectivity index (χ1) is 17.4. The molecule has 0 saturated carbocycles. The van der Waals surface area contributed by atoms with Crippen LogP contribution in [0.1, 0.15) is 5.56 Å². The maximum Gasteiger partial charge on any atom is 0.243 e. The first-order valence-electron chi connectivity index (χ1n) is 11.4. The zero-order chi connectivity index (χ0) is 25.5. The number of benzene rings is 3. The number of rotatable bonds is 10. The van der Waals surface area contributed by atoms with Gasteiger partial charge in [0.1, 0.15) is 0 Å². The summed E-state index contributed by atoms with van der Waals surface area (Å²) >= 11 is 0. The Morgan fingerprint density at radius 2 is 1.61 bits per heavy atom. The van der Waals surface area contributed by atoms with E-state index in [0.717, 1.165) is 21.1 Å². The zero-order valence-corrected chi connectivity index (χ0v) is 21.0. The number of carbonyl (C=O) groups excluding carboxylic acids is 1. The van der Waals surface area contributed by atoms with Gasteiger partial charge in [-0.2, -0.15) is 4.31 Å². The average Bonchev–Trinajstić information content (AvgIpc) is 3.31. The van der Waals surface area contributed by atoms with E-state index in [1.54, 1.807) is 16.7 Å². The van der Waals surface area contributed by atoms with E-state index in [-0.39, 0.29) is 24.6 Å². The summed E-state index contributed by atoms with van der Waals surface area (Å²) in [6.07, 6.45) is 1.84. The molecule has 0 aliphatic carbocycles. The summed E-state index contributed by atoms with van der Waals surface area (Å²) in [5, 5.41) is 2.80. The van der Waals surface area contributed by atoms with E-state index in [4.69, 9.17) is 4.74 Å². The highest BCUT2D eigenvalue weighted by atomic mass is 32.2. The minimum atomic E-state index is -3.91. The van der Waals surface area contributed by atoms with Crippen LogP contribution in [0.3, 0.4) is 0 Å². The minimum absolute atomic E-state index is 0.0303. The molecule has 0 unspecified atom stereocenters. The van der Waals surface area contributed by atoms with Crippen LogP contribution >= 0.6 is 0 Å². The smallest absolute Gasteiger partial charge is 0.243 e. The lowest BCUT2D eigenvalue weighted by atomic mass is 10.2. The van der Waals surface area contributed by atoms with Crippen molar-refractivity contribution < 1.29 is 17.9 Å². The second-order valence-electron chi connectivity index (χ2n) is 8.21. The van der Waals surface area contributed by atoms with Crippen LogP contribution in [0.15, 0.2) is 96.0 Å². The van der Waals surface area contributed by atoms with Crippen molar-refractivity contribution in [2.75, 3.05) is 32.1 Å². The Morgan fingerprint density at radius 1 is 0.972 bits per heavy atom. The highest BCUT2D eigenvalue weighted by Gasteiger charge is 2.27. The highest BCUT2D eigenvalue weighted by Crippen LogP contribution is 2.24. The maximum atomic E-state index is 13.3. The van der Waals surface area contributed by atoms with Gasteiger partial charge in [-0.1, -0.05) is 66.2 Å². The average molecular weight is 505 g/mol. The standard InChI is InChI=1S/C27H28N4O4S/c1-21-13-15-24(16-14-21)36(33,34)30(17-18-35-2)20-26(32)29-27-28-25(22-9-5-3-6-10-22)19-31(27)23-11-7-4-8-12-23/h3-16,19H,17-18,20H2,1-2H3,(H,28,29,32). The van der Waals surface area contributed by atoms with Crippen molar-refractivity contribution in [3.05, 3.63) is 96.7 Å². The van der Waals surface area contributed by atoms with E-state index in [9.17, 15) is 13.2 Å². The van der Waals surface area contributed by atoms with Crippen LogP contribution in [0.2, 0.25) is 0 Å². The molecule has 4 aromatic rings. The summed E-state index contributed by atoms with van der Waals surface area (Å²) in [5.74, 6) is -0.214. The van der Waals surface area contributed by atoms with E-state index >= 15 is 0 Å². The number of carbonyl (C=O) groups is 1. The Labute approximate surface area is 211 Å². The van der Waals surface area contributed by atoms with Crippen molar-refractivity contribution in [2.45, 2.75) is 11.8 Å². The molecule has 36 heavy (non-hydrogen) atoms. The summed E-state index contributed by atoms with van der Waals surface area (Å²) in [7, 11) is -2.43. The number of hydrogen-bond acceptors (Lipinski definition) is 5. The molecule has 0 bridgehead atoms. The number of amides is 1. The van der Waals surface area contributed by atoms with Gasteiger partial charge in [-0.25, -0.2) is 13.4 Å². The van der Waals surface area contributed by atoms with Gasteiger partial charge < -0.3 is 4.74 Å². The number of para-hydroxylation sites is 1. The summed E-state index contributed by atoms with van der Waals surface area (Å²) in [6.45, 7) is 1.67. The number of nitrogens with one attached hydrogen (secondary N) is 1. The molecule has 1 aromatic heterocycles. The van der Waals surface area contributed by atoms with Gasteiger partial charge in [0.15, 0.2) is 0 Å². The molecule has 0 atom stereocenters. The summed E-state index contributed by atoms with van der Waals surface area (Å²) in [6, 6.07) is 25.6. The molecule has 0 radical (unpaired) electrons. The van der Waals surface area contributed by atoms with Crippen LogP contribution in [0, 0.1) is 6.92 Å². The van der Waals surface area contributed by atoms with Crippen molar-refractivity contribution in [1.29, 1.82) is 0 Å². The van der Waals surface area contributed by atoms with Gasteiger partial charge in [-0.15, -0.1) is 0 Å². The largest absolute Gasteiger partial charge is 0.383 e. The van der Waals surface area contributed by atoms with Crippen molar-refractivity contribution >= 4 is 21.9 Å². The molecule has 0 spiro atoms. The molecule has 1 heterocycles. The molecule has 186 valence electrons. The lowest BCUT2D eigenvalue weighted by Crippen LogP contribution is -2.40. The number of nitrogens with zero attached hydrogens (tertiary/aromatic N) is 3. The number of sulfonamides is 1. The van der Waals surface area contributed by atoms with E-state index < -0.39 is 15.9 Å². The highest BCUT2D eigenvalue weighted by molar-refractivity contribution is 7.89. The molecule has 9 heteroatoms. The zero-order valence-electron chi connectivity index (χ0n) is 20.2. The second-order valence-corrected chi connectivity index (χ2v) is 10.2. The summed E-state index contributed by atoms with van der Waals surface area (Å²) < 4.78 is 34.6. The van der Waals surface area contributed by atoms with Crippen LogP contribution in [-0.2, 0) is 19.6 Å². The molecule has 4 rings (SSSR count). The summed E-state index contributed by atoms with van der Waals surface area (Å²) in [5.41, 5.74) is 3.33. The predicted molar refractivity (Wildman–Crippen MR) is 139 cm³/mol. The van der Waals surface area contributed by atoms with Crippen molar-refractivity contribution in [3.8, 4) is 16.9 Å². The Balaban J connectivity index is 1.62. The Hall–Kier alpha value is -3.79. The monoisotopic (exact) mass is 504 g/mol. The van der Waals surface area contributed by atoms with Crippen LogP contribution in [0.5, 0.6) is 0 Å². The topological polar surface area (TPSA) is 93.5 Å². The molecule has 0 aliphatic rings. The molecular formula is C27H28N4O4S. The van der Waals surface area contributed by atoms with Gasteiger partial charge in [0, 0.05) is 31.1 Å². The van der Waals surface area contributed by atoms with Crippen molar-refractivity contribution in [2.24, 2.45) is 0 Å². The predicted octanol–water partition coefficient (Wildman–Crippen LogP) is 4.12. The normalized spacial score (nSPS) is 11.5. The quantitative estimate of drug-likeness (QED) is 0.351. The van der Waals surface area contributed by atoms with Crippen molar-refractivity contribution in [1.82, 2.24) is 13.9 Å². The van der Waals surface area contributed by atoms with E-state index in [1.165, 1.54) is 19.2 Å². The molecule has 1 N–H and O–H groups in total. The van der Waals surface area contributed by atoms with Crippen LogP contribution < -0.4 is 5.32 Å². The number of aromatic nitrogens is 2. The third kappa shape index (κ3) is 5.88. The number of ether oxygens (including phenoxy) is 1. The Kier molecular flexibility index (Phi) is 7.94. The second kappa shape index (κ2) is 11.3. The molecule has 1 amide bonds. The Morgan fingerprint density at radius 3 is 2.25 bits per heavy atom. The van der Waals surface area contributed by atoms with Crippen LogP contribution in [-0.4, -0.2) is 55.0 Å². The van der Waals surface area contributed by atoms with E-state index in [1.807, 2.05) is 73.8 Å². The lowest BCUT2D eigenvalue weighted by Gasteiger charge is -2.21. The first kappa shape index (κ1) is 25.3. The van der Waals surface area contributed by atoms with Gasteiger partial charge in [-0.05, 0) is 31.2 Å². The fraction of sp³-hybridized carbons (Fsp3) is 0.185. The Bertz CT molecular complexity index is 1400. The third-order valence-corrected chi connectivity index (χ3v) is 7.44. The molecule has 8 nitrogen and oxygen atoms in total. The minimum Gasteiger partial charge on any atom is -0.383 e. The van der Waals surface area contributed by atoms with Gasteiger partial charge in [0.2, 0.25) is 21.9 Å². The van der Waals surface area contributed by atoms with Gasteiger partial charge in [0.25, 0.3) is 0 Å². The molecule has 0 saturated heterocycles. The SMILES string of the molecule is COCCN(CC(=O)Nc1nc(-c2ccccc2)cn1-c1ccccc1)S(=O)(=O)c1ccc(C)cc1. The number of anilines is 1. The first-order valence-corrected chi connectivity index (χ1v) is 12.9. The third-order valence-electron chi connectivity index (χ3n) is 5.58. The van der Waals surface area contributed by atoms with E-state index in [2.05, 4.69) is 10.3 Å². The number of aryl methyl sites for hydroxylation is 1. The number of imidazole rings is 1. The molecule has 0 fully saturated rings. The van der Waals surface area contributed by atoms with Gasteiger partial charge in [-0.3, -0.25) is 14.7 Å². The molecular weight excluding hydrogens is 476 g/mol. The lowest BCUT2D eigenvalue weighted by molar-refractivity contribution is -0.116. The van der Waals surface area contributed by atoms with Gasteiger partial charge >= 0.3 is 0 Å². The number of hydrogen-bond donors (Lipinski definition) is 1. The fourth-order valence-electron chi connectivity index (χ4n) is 3.66. The molecule has 0 aliphatic heterocycles. The van der Waals surface area contributed by atoms with E-state index in [0.29, 0.717) is 11.6 Å².